The van der Waals surface area contributed by atoms with Gasteiger partial charge in [0.25, 0.3) is 5.24 Å². The summed E-state index contributed by atoms with van der Waals surface area (Å²) >= 11 is 8.10. The highest BCUT2D eigenvalue weighted by Crippen LogP contribution is 2.31. The molecule has 31 heavy (non-hydrogen) atoms. The van der Waals surface area contributed by atoms with E-state index in [0.717, 1.165) is 23.5 Å². The molecule has 4 rings (SSSR count). The Balaban J connectivity index is 1.48. The van der Waals surface area contributed by atoms with Gasteiger partial charge in [-0.1, -0.05) is 35.1 Å². The van der Waals surface area contributed by atoms with Crippen LogP contribution in [0.5, 0.6) is 0 Å². The third-order valence-corrected chi connectivity index (χ3v) is 6.46. The lowest BCUT2D eigenvalue weighted by atomic mass is 10.2. The number of nitrogens with zero attached hydrogens (tertiary/aromatic N) is 3. The molecular formula is C19H16ClN5O4S2. The van der Waals surface area contributed by atoms with Gasteiger partial charge in [-0.25, -0.2) is 0 Å². The zero-order chi connectivity index (χ0) is 21.8. The minimum atomic E-state index is -0.659. The number of hydrogen-bond donors (Lipinski definition) is 2. The number of hydrogen-bond acceptors (Lipinski definition) is 8. The van der Waals surface area contributed by atoms with Gasteiger partial charge in [0.2, 0.25) is 11.8 Å². The zero-order valence-electron chi connectivity index (χ0n) is 15.9. The zero-order valence-corrected chi connectivity index (χ0v) is 18.3. The molecule has 2 aliphatic heterocycles. The van der Waals surface area contributed by atoms with E-state index in [2.05, 4.69) is 20.8 Å². The molecule has 2 saturated heterocycles. The number of carbonyl (C=O) groups excluding carboxylic acids is 3. The van der Waals surface area contributed by atoms with Crippen LogP contribution in [0.15, 0.2) is 57.3 Å². The van der Waals surface area contributed by atoms with Gasteiger partial charge in [-0.3, -0.25) is 19.3 Å². The number of nitrogens with one attached hydrogen (secondary N) is 2. The topological polar surface area (TPSA) is 116 Å². The first kappa shape index (κ1) is 21.5. The first-order chi connectivity index (χ1) is 15.0. The van der Waals surface area contributed by atoms with Crippen molar-refractivity contribution in [1.82, 2.24) is 10.2 Å². The van der Waals surface area contributed by atoms with Crippen LogP contribution in [0.4, 0.5) is 10.5 Å². The van der Waals surface area contributed by atoms with Crippen LogP contribution in [0.3, 0.4) is 0 Å². The number of halogens is 1. The molecule has 1 aromatic heterocycles. The minimum absolute atomic E-state index is 0.0387. The predicted molar refractivity (Wildman–Crippen MR) is 121 cm³/mol. The summed E-state index contributed by atoms with van der Waals surface area (Å²) in [4.78, 5) is 38.2. The summed E-state index contributed by atoms with van der Waals surface area (Å²) < 4.78 is 5.34. The summed E-state index contributed by atoms with van der Waals surface area (Å²) in [7, 11) is 0. The third-order valence-electron chi connectivity index (χ3n) is 4.26. The Morgan fingerprint density at radius 3 is 2.74 bits per heavy atom. The van der Waals surface area contributed by atoms with Crippen molar-refractivity contribution in [3.05, 3.63) is 53.4 Å². The van der Waals surface area contributed by atoms with Crippen molar-refractivity contribution in [2.45, 2.75) is 18.2 Å². The van der Waals surface area contributed by atoms with Crippen molar-refractivity contribution in [2.75, 3.05) is 11.1 Å². The molecule has 0 aliphatic carbocycles. The summed E-state index contributed by atoms with van der Waals surface area (Å²) in [6, 6.07) is 10.2. The molecular weight excluding hydrogens is 462 g/mol. The number of amides is 3. The summed E-state index contributed by atoms with van der Waals surface area (Å²) in [5.41, 5.74) is 0.590. The van der Waals surface area contributed by atoms with Gasteiger partial charge in [-0.05, 0) is 36.4 Å². The monoisotopic (exact) mass is 477 g/mol. The SMILES string of the molecule is O=C(C[C@H]1S/C(=N/N=C2\CSC(=O)N2)N(Cc2ccco2)C1=O)Nc1ccc(Cl)cc1. The molecule has 0 spiro atoms. The molecule has 3 heterocycles. The van der Waals surface area contributed by atoms with E-state index in [1.54, 1.807) is 36.4 Å². The summed E-state index contributed by atoms with van der Waals surface area (Å²) in [6.45, 7) is 0.166. The molecule has 3 amide bonds. The van der Waals surface area contributed by atoms with Crippen LogP contribution in [0.25, 0.3) is 0 Å². The Kier molecular flexibility index (Phi) is 6.64. The predicted octanol–water partition coefficient (Wildman–Crippen LogP) is 3.53. The Hall–Kier alpha value is -2.76. The van der Waals surface area contributed by atoms with Gasteiger partial charge in [0, 0.05) is 17.1 Å². The number of anilines is 1. The minimum Gasteiger partial charge on any atom is -0.467 e. The molecule has 1 aromatic carbocycles. The fourth-order valence-electron chi connectivity index (χ4n) is 2.81. The summed E-state index contributed by atoms with van der Waals surface area (Å²) in [5, 5.41) is 13.6. The molecule has 2 N–H and O–H groups in total. The average Bonchev–Trinajstić information content (AvgIpc) is 3.46. The highest BCUT2D eigenvalue weighted by Gasteiger charge is 2.40. The van der Waals surface area contributed by atoms with E-state index in [1.165, 1.54) is 11.2 Å². The van der Waals surface area contributed by atoms with Crippen LogP contribution >= 0.6 is 35.1 Å². The molecule has 2 fully saturated rings. The summed E-state index contributed by atoms with van der Waals surface area (Å²) in [5.74, 6) is 0.802. The van der Waals surface area contributed by atoms with Crippen molar-refractivity contribution in [2.24, 2.45) is 10.2 Å². The number of rotatable bonds is 6. The average molecular weight is 478 g/mol. The van der Waals surface area contributed by atoms with Crippen LogP contribution in [0.1, 0.15) is 12.2 Å². The van der Waals surface area contributed by atoms with E-state index < -0.39 is 5.25 Å². The molecule has 0 radical (unpaired) electrons. The third kappa shape index (κ3) is 5.49. The maximum Gasteiger partial charge on any atom is 0.284 e. The van der Waals surface area contributed by atoms with E-state index in [0.29, 0.717) is 33.2 Å². The van der Waals surface area contributed by atoms with Gasteiger partial charge >= 0.3 is 0 Å². The number of furan rings is 1. The highest BCUT2D eigenvalue weighted by molar-refractivity contribution is 8.15. The smallest absolute Gasteiger partial charge is 0.284 e. The number of benzene rings is 1. The first-order valence-electron chi connectivity index (χ1n) is 9.12. The molecule has 9 nitrogen and oxygen atoms in total. The van der Waals surface area contributed by atoms with Crippen LogP contribution < -0.4 is 10.6 Å². The lowest BCUT2D eigenvalue weighted by Gasteiger charge is -2.14. The van der Waals surface area contributed by atoms with E-state index >= 15 is 0 Å². The van der Waals surface area contributed by atoms with E-state index in [-0.39, 0.29) is 30.0 Å². The molecule has 12 heteroatoms. The van der Waals surface area contributed by atoms with Crippen molar-refractivity contribution >= 4 is 68.9 Å². The quantitative estimate of drug-likeness (QED) is 0.615. The van der Waals surface area contributed by atoms with Crippen LogP contribution in [-0.2, 0) is 16.1 Å². The van der Waals surface area contributed by atoms with E-state index in [9.17, 15) is 14.4 Å². The fraction of sp³-hybridized carbons (Fsp3) is 0.211. The molecule has 0 saturated carbocycles. The number of amidine groups is 2. The van der Waals surface area contributed by atoms with E-state index in [1.807, 2.05) is 0 Å². The maximum atomic E-state index is 13.0. The van der Waals surface area contributed by atoms with Gasteiger partial charge in [-0.15, -0.1) is 10.2 Å². The van der Waals surface area contributed by atoms with Gasteiger partial charge in [0.15, 0.2) is 5.17 Å². The standard InChI is InChI=1S/C19H16ClN5O4S2/c20-11-3-5-12(6-4-11)21-16(26)8-14-17(27)25(9-13-2-1-7-29-13)18(31-14)24-23-15-10-30-19(28)22-15/h1-7,14H,8-10H2,(H,21,26)(H,22,23,28)/b24-18+/t14-/m1/s1. The Morgan fingerprint density at radius 2 is 2.06 bits per heavy atom. The number of thioether (sulfide) groups is 2. The number of carbonyl (C=O) groups is 3. The molecule has 0 bridgehead atoms. The highest BCUT2D eigenvalue weighted by atomic mass is 35.5. The fourth-order valence-corrected chi connectivity index (χ4v) is 4.61. The largest absolute Gasteiger partial charge is 0.467 e. The Bertz CT molecular complexity index is 1060. The van der Waals surface area contributed by atoms with Crippen molar-refractivity contribution in [3.63, 3.8) is 0 Å². The molecule has 0 unspecified atom stereocenters. The second-order valence-electron chi connectivity index (χ2n) is 6.50. The molecule has 160 valence electrons. The molecule has 2 aromatic rings. The van der Waals surface area contributed by atoms with Gasteiger partial charge < -0.3 is 15.1 Å². The lowest BCUT2D eigenvalue weighted by molar-refractivity contribution is -0.128. The van der Waals surface area contributed by atoms with Crippen LogP contribution in [-0.4, -0.2) is 44.0 Å². The van der Waals surface area contributed by atoms with Crippen molar-refractivity contribution in [3.8, 4) is 0 Å². The molecule has 1 atom stereocenters. The normalized spacial score (nSPS) is 21.2. The van der Waals surface area contributed by atoms with Crippen molar-refractivity contribution < 1.29 is 18.8 Å². The Morgan fingerprint density at radius 1 is 1.26 bits per heavy atom. The van der Waals surface area contributed by atoms with E-state index in [4.69, 9.17) is 16.0 Å². The lowest BCUT2D eigenvalue weighted by Crippen LogP contribution is -2.33. The van der Waals surface area contributed by atoms with Gasteiger partial charge in [0.05, 0.1) is 18.6 Å². The van der Waals surface area contributed by atoms with Gasteiger partial charge in [0.1, 0.15) is 16.8 Å². The maximum absolute atomic E-state index is 13.0. The van der Waals surface area contributed by atoms with Crippen LogP contribution in [0, 0.1) is 0 Å². The van der Waals surface area contributed by atoms with Gasteiger partial charge in [-0.2, -0.15) is 0 Å². The second kappa shape index (κ2) is 9.58. The van der Waals surface area contributed by atoms with Crippen molar-refractivity contribution in [1.29, 1.82) is 0 Å². The summed E-state index contributed by atoms with van der Waals surface area (Å²) in [6.07, 6.45) is 1.48. The first-order valence-corrected chi connectivity index (χ1v) is 11.4. The Labute approximate surface area is 190 Å². The second-order valence-corrected chi connectivity index (χ2v) is 9.05. The van der Waals surface area contributed by atoms with Crippen LogP contribution in [0.2, 0.25) is 5.02 Å². The molecule has 2 aliphatic rings.